The third-order valence-corrected chi connectivity index (χ3v) is 4.54. The van der Waals surface area contributed by atoms with Gasteiger partial charge in [0.05, 0.1) is 5.56 Å². The fourth-order valence-corrected chi connectivity index (χ4v) is 3.06. The Morgan fingerprint density at radius 1 is 1.05 bits per heavy atom. The lowest BCUT2D eigenvalue weighted by Crippen LogP contribution is -1.90. The van der Waals surface area contributed by atoms with Crippen LogP contribution in [0.3, 0.4) is 0 Å². The molecule has 21 heavy (non-hydrogen) atoms. The molecule has 0 aliphatic carbocycles. The van der Waals surface area contributed by atoms with Gasteiger partial charge in [0.15, 0.2) is 11.6 Å². The molecule has 2 aromatic carbocycles. The summed E-state index contributed by atoms with van der Waals surface area (Å²) in [5, 5.41) is 5.08. The molecule has 2 N–H and O–H groups in total. The molecular formula is C15H9Cl2IN2O. The van der Waals surface area contributed by atoms with E-state index in [1.807, 2.05) is 36.4 Å². The van der Waals surface area contributed by atoms with Crippen molar-refractivity contribution in [3.63, 3.8) is 0 Å². The average molecular weight is 431 g/mol. The topological polar surface area (TPSA) is 52.0 Å². The summed E-state index contributed by atoms with van der Waals surface area (Å²) >= 11 is 14.6. The third kappa shape index (κ3) is 2.75. The summed E-state index contributed by atoms with van der Waals surface area (Å²) in [6.07, 6.45) is 0. The second-order valence-electron chi connectivity index (χ2n) is 4.38. The number of hydrogen-bond donors (Lipinski definition) is 1. The summed E-state index contributed by atoms with van der Waals surface area (Å²) in [7, 11) is 0. The molecule has 0 atom stereocenters. The first-order valence-electron chi connectivity index (χ1n) is 6.03. The highest BCUT2D eigenvalue weighted by molar-refractivity contribution is 14.1. The van der Waals surface area contributed by atoms with E-state index in [1.54, 1.807) is 6.07 Å². The normalized spacial score (nSPS) is 10.8. The summed E-state index contributed by atoms with van der Waals surface area (Å²) in [6, 6.07) is 13.0. The molecule has 3 nitrogen and oxygen atoms in total. The van der Waals surface area contributed by atoms with Crippen molar-refractivity contribution >= 4 is 51.6 Å². The molecule has 0 radical (unpaired) electrons. The number of hydrogen-bond acceptors (Lipinski definition) is 3. The summed E-state index contributed by atoms with van der Waals surface area (Å²) in [6.45, 7) is 0. The van der Waals surface area contributed by atoms with Crippen LogP contribution in [0.5, 0.6) is 0 Å². The van der Waals surface area contributed by atoms with Crippen molar-refractivity contribution in [2.24, 2.45) is 0 Å². The molecule has 3 aromatic rings. The van der Waals surface area contributed by atoms with E-state index in [1.165, 1.54) is 0 Å². The van der Waals surface area contributed by atoms with Crippen molar-refractivity contribution in [1.82, 2.24) is 5.16 Å². The van der Waals surface area contributed by atoms with E-state index in [9.17, 15) is 0 Å². The number of rotatable bonds is 2. The molecular weight excluding hydrogens is 422 g/mol. The van der Waals surface area contributed by atoms with E-state index < -0.39 is 0 Å². The molecule has 0 aliphatic rings. The summed E-state index contributed by atoms with van der Waals surface area (Å²) in [4.78, 5) is 0. The lowest BCUT2D eigenvalue weighted by atomic mass is 10.0. The Balaban J connectivity index is 2.27. The minimum atomic E-state index is 0.300. The molecule has 0 unspecified atom stereocenters. The quantitative estimate of drug-likeness (QED) is 0.546. The number of benzene rings is 2. The Bertz CT molecular complexity index is 817. The van der Waals surface area contributed by atoms with Gasteiger partial charge < -0.3 is 10.3 Å². The van der Waals surface area contributed by atoms with Crippen LogP contribution >= 0.6 is 45.8 Å². The maximum Gasteiger partial charge on any atom is 0.178 e. The summed E-state index contributed by atoms with van der Waals surface area (Å²) in [5.74, 6) is 0.862. The van der Waals surface area contributed by atoms with Crippen LogP contribution < -0.4 is 5.73 Å². The van der Waals surface area contributed by atoms with Gasteiger partial charge in [0.2, 0.25) is 0 Å². The molecule has 1 heterocycles. The predicted molar refractivity (Wildman–Crippen MR) is 94.5 cm³/mol. The Labute approximate surface area is 145 Å². The first kappa shape index (κ1) is 14.7. The molecule has 6 heteroatoms. The highest BCUT2D eigenvalue weighted by atomic mass is 127. The first-order chi connectivity index (χ1) is 10.1. The van der Waals surface area contributed by atoms with Gasteiger partial charge >= 0.3 is 0 Å². The van der Waals surface area contributed by atoms with Crippen LogP contribution in [0.1, 0.15) is 0 Å². The SMILES string of the molecule is Nc1noc(-c2cc(Cl)ccc2I)c1-c1ccccc1Cl. The number of nitrogens with two attached hydrogens (primary N) is 1. The van der Waals surface area contributed by atoms with Crippen LogP contribution in [-0.4, -0.2) is 5.16 Å². The van der Waals surface area contributed by atoms with Gasteiger partial charge in [-0.05, 0) is 46.9 Å². The fourth-order valence-electron chi connectivity index (χ4n) is 2.08. The fraction of sp³-hybridized carbons (Fsp3) is 0. The van der Waals surface area contributed by atoms with E-state index in [2.05, 4.69) is 27.7 Å². The van der Waals surface area contributed by atoms with Crippen LogP contribution in [-0.2, 0) is 0 Å². The van der Waals surface area contributed by atoms with Gasteiger partial charge in [-0.1, -0.05) is 46.6 Å². The van der Waals surface area contributed by atoms with Crippen LogP contribution in [0.4, 0.5) is 5.82 Å². The van der Waals surface area contributed by atoms with E-state index >= 15 is 0 Å². The number of aromatic nitrogens is 1. The second kappa shape index (κ2) is 5.87. The lowest BCUT2D eigenvalue weighted by Gasteiger charge is -2.07. The van der Waals surface area contributed by atoms with Gasteiger partial charge in [-0.15, -0.1) is 0 Å². The second-order valence-corrected chi connectivity index (χ2v) is 6.38. The molecule has 0 aliphatic heterocycles. The molecule has 1 aromatic heterocycles. The summed E-state index contributed by atoms with van der Waals surface area (Å²) in [5.41, 5.74) is 8.27. The first-order valence-corrected chi connectivity index (χ1v) is 7.87. The van der Waals surface area contributed by atoms with Crippen molar-refractivity contribution in [2.75, 3.05) is 5.73 Å². The van der Waals surface area contributed by atoms with Crippen LogP contribution in [0.15, 0.2) is 47.0 Å². The molecule has 0 spiro atoms. The van der Waals surface area contributed by atoms with Crippen LogP contribution in [0, 0.1) is 3.57 Å². The standard InChI is InChI=1S/C15H9Cl2IN2O/c16-8-5-6-12(18)10(7-8)14-13(15(19)20-21-14)9-3-1-2-4-11(9)17/h1-7H,(H2,19,20). The molecule has 3 rings (SSSR count). The molecule has 106 valence electrons. The zero-order valence-electron chi connectivity index (χ0n) is 10.6. The maximum atomic E-state index is 6.27. The van der Waals surface area contributed by atoms with E-state index in [0.717, 1.165) is 14.7 Å². The van der Waals surface area contributed by atoms with Gasteiger partial charge in [-0.3, -0.25) is 0 Å². The highest BCUT2D eigenvalue weighted by Gasteiger charge is 2.21. The largest absolute Gasteiger partial charge is 0.380 e. The Morgan fingerprint density at radius 2 is 1.81 bits per heavy atom. The maximum absolute atomic E-state index is 6.27. The molecule has 0 amide bonds. The molecule has 0 fully saturated rings. The lowest BCUT2D eigenvalue weighted by molar-refractivity contribution is 0.436. The number of anilines is 1. The smallest absolute Gasteiger partial charge is 0.178 e. The zero-order valence-corrected chi connectivity index (χ0v) is 14.3. The Morgan fingerprint density at radius 3 is 2.57 bits per heavy atom. The molecule has 0 saturated heterocycles. The summed E-state index contributed by atoms with van der Waals surface area (Å²) < 4.78 is 6.42. The van der Waals surface area contributed by atoms with Gasteiger partial charge in [0, 0.05) is 24.7 Å². The van der Waals surface area contributed by atoms with Crippen molar-refractivity contribution in [3.8, 4) is 22.5 Å². The van der Waals surface area contributed by atoms with E-state index in [4.69, 9.17) is 33.5 Å². The number of nitrogen functional groups attached to an aromatic ring is 1. The van der Waals surface area contributed by atoms with Crippen molar-refractivity contribution in [2.45, 2.75) is 0 Å². The Hall–Kier alpha value is -1.24. The van der Waals surface area contributed by atoms with Crippen molar-refractivity contribution in [1.29, 1.82) is 0 Å². The van der Waals surface area contributed by atoms with E-state index in [-0.39, 0.29) is 0 Å². The van der Waals surface area contributed by atoms with Crippen LogP contribution in [0.25, 0.3) is 22.5 Å². The minimum Gasteiger partial charge on any atom is -0.380 e. The average Bonchev–Trinajstić information content (AvgIpc) is 2.84. The molecule has 0 saturated carbocycles. The minimum absolute atomic E-state index is 0.300. The number of halogens is 3. The third-order valence-electron chi connectivity index (χ3n) is 3.03. The van der Waals surface area contributed by atoms with Gasteiger partial charge in [-0.25, -0.2) is 0 Å². The van der Waals surface area contributed by atoms with Gasteiger partial charge in [0.25, 0.3) is 0 Å². The molecule has 0 bridgehead atoms. The highest BCUT2D eigenvalue weighted by Crippen LogP contribution is 2.41. The van der Waals surface area contributed by atoms with Crippen molar-refractivity contribution < 1.29 is 4.52 Å². The number of nitrogens with zero attached hydrogens (tertiary/aromatic N) is 1. The van der Waals surface area contributed by atoms with E-state index in [0.29, 0.717) is 27.2 Å². The Kier molecular flexibility index (Phi) is 4.10. The monoisotopic (exact) mass is 430 g/mol. The van der Waals surface area contributed by atoms with Crippen LogP contribution in [0.2, 0.25) is 10.0 Å². The predicted octanol–water partition coefficient (Wildman–Crippen LogP) is 5.50. The van der Waals surface area contributed by atoms with Crippen molar-refractivity contribution in [3.05, 3.63) is 56.1 Å². The zero-order chi connectivity index (χ0) is 15.0. The van der Waals surface area contributed by atoms with Gasteiger partial charge in [-0.2, -0.15) is 0 Å². The van der Waals surface area contributed by atoms with Gasteiger partial charge in [0.1, 0.15) is 0 Å².